The maximum absolute atomic E-state index is 13.4. The van der Waals surface area contributed by atoms with E-state index < -0.39 is 0 Å². The zero-order valence-electron chi connectivity index (χ0n) is 20.7. The Bertz CT molecular complexity index is 1210. The van der Waals surface area contributed by atoms with E-state index in [1.807, 2.05) is 30.3 Å². The van der Waals surface area contributed by atoms with Crippen LogP contribution in [0.25, 0.3) is 10.9 Å². The van der Waals surface area contributed by atoms with Crippen molar-refractivity contribution in [1.82, 2.24) is 9.88 Å². The van der Waals surface area contributed by atoms with E-state index in [2.05, 4.69) is 47.3 Å². The van der Waals surface area contributed by atoms with Crippen LogP contribution in [-0.2, 0) is 0 Å². The van der Waals surface area contributed by atoms with Gasteiger partial charge in [-0.25, -0.2) is 4.98 Å². The van der Waals surface area contributed by atoms with Gasteiger partial charge in [-0.15, -0.1) is 0 Å². The number of amides is 1. The van der Waals surface area contributed by atoms with Crippen molar-refractivity contribution in [2.24, 2.45) is 11.7 Å². The number of aromatic nitrogens is 1. The number of anilines is 3. The van der Waals surface area contributed by atoms with Crippen molar-refractivity contribution in [1.29, 1.82) is 0 Å². The van der Waals surface area contributed by atoms with Gasteiger partial charge in [-0.2, -0.15) is 0 Å². The zero-order chi connectivity index (χ0) is 24.5. The number of rotatable bonds is 4. The first-order valence-corrected chi connectivity index (χ1v) is 12.7. The van der Waals surface area contributed by atoms with Gasteiger partial charge in [0.1, 0.15) is 0 Å². The predicted octanol–water partition coefficient (Wildman–Crippen LogP) is 4.05. The number of carbonyl (C=O) groups is 1. The van der Waals surface area contributed by atoms with Gasteiger partial charge in [0.05, 0.1) is 22.6 Å². The Balaban J connectivity index is 1.41. The smallest absolute Gasteiger partial charge is 0.276 e. The fourth-order valence-corrected chi connectivity index (χ4v) is 5.61. The second kappa shape index (κ2) is 9.84. The minimum atomic E-state index is -0.295. The van der Waals surface area contributed by atoms with Crippen molar-refractivity contribution in [2.75, 3.05) is 49.2 Å². The monoisotopic (exact) mass is 472 g/mol. The molecule has 5 rings (SSSR count). The Kier molecular flexibility index (Phi) is 6.62. The Morgan fingerprint density at radius 1 is 1.09 bits per heavy atom. The molecule has 0 spiro atoms. The number of benzene rings is 2. The zero-order valence-corrected chi connectivity index (χ0v) is 20.7. The molecule has 0 radical (unpaired) electrons. The normalized spacial score (nSPS) is 21.9. The SMILES string of the molecule is C[C@@H]1C[C@H](N)CN(c2ccccc2NC(=O)c2nc3cc(C4CCN(C)CC4)ccc3cc2N)C1. The average molecular weight is 473 g/mol. The van der Waals surface area contributed by atoms with Crippen LogP contribution >= 0.6 is 0 Å². The number of hydrogen-bond acceptors (Lipinski definition) is 6. The molecule has 3 heterocycles. The fourth-order valence-electron chi connectivity index (χ4n) is 5.61. The van der Waals surface area contributed by atoms with Gasteiger partial charge in [0.15, 0.2) is 5.69 Å². The van der Waals surface area contributed by atoms with Crippen LogP contribution in [-0.4, -0.2) is 55.1 Å². The number of likely N-dealkylation sites (tertiary alicyclic amines) is 1. The maximum Gasteiger partial charge on any atom is 0.276 e. The molecule has 35 heavy (non-hydrogen) atoms. The van der Waals surface area contributed by atoms with E-state index in [0.29, 0.717) is 17.5 Å². The van der Waals surface area contributed by atoms with Crippen molar-refractivity contribution >= 4 is 33.9 Å². The molecule has 0 unspecified atom stereocenters. The molecule has 1 amide bonds. The van der Waals surface area contributed by atoms with Gasteiger partial charge in [0.25, 0.3) is 5.91 Å². The molecular formula is C28H36N6O. The first-order valence-electron chi connectivity index (χ1n) is 12.7. The van der Waals surface area contributed by atoms with E-state index >= 15 is 0 Å². The van der Waals surface area contributed by atoms with Crippen molar-refractivity contribution in [3.63, 3.8) is 0 Å². The third-order valence-corrected chi connectivity index (χ3v) is 7.46. The van der Waals surface area contributed by atoms with Crippen LogP contribution in [0.2, 0.25) is 0 Å². The third-order valence-electron chi connectivity index (χ3n) is 7.46. The molecule has 0 bridgehead atoms. The number of nitrogen functional groups attached to an aromatic ring is 1. The fraction of sp³-hybridized carbons (Fsp3) is 0.429. The van der Waals surface area contributed by atoms with Crippen molar-refractivity contribution < 1.29 is 4.79 Å². The number of pyridine rings is 1. The van der Waals surface area contributed by atoms with E-state index in [1.165, 1.54) is 5.56 Å². The standard InChI is InChI=1S/C28H36N6O/c1-18-13-22(29)17-34(16-18)26-6-4-3-5-24(26)32-28(35)27-23(30)14-21-8-7-20(15-25(21)31-27)19-9-11-33(2)12-10-19/h3-8,14-15,18-19,22H,9-13,16-17,29-30H2,1-2H3,(H,32,35)/t18-,22+/m1/s1. The topological polar surface area (TPSA) is 101 Å². The summed E-state index contributed by atoms with van der Waals surface area (Å²) >= 11 is 0. The molecule has 2 aliphatic heterocycles. The largest absolute Gasteiger partial charge is 0.397 e. The number of para-hydroxylation sites is 2. The number of nitrogens with two attached hydrogens (primary N) is 2. The number of nitrogens with one attached hydrogen (secondary N) is 1. The highest BCUT2D eigenvalue weighted by Gasteiger charge is 2.25. The lowest BCUT2D eigenvalue weighted by Gasteiger charge is -2.37. The molecule has 7 heteroatoms. The molecule has 184 valence electrons. The molecule has 2 fully saturated rings. The van der Waals surface area contributed by atoms with Gasteiger partial charge in [-0.3, -0.25) is 4.79 Å². The summed E-state index contributed by atoms with van der Waals surface area (Å²) in [6, 6.07) is 16.2. The number of fused-ring (bicyclic) bond motifs is 1. The Hall–Kier alpha value is -3.16. The molecule has 7 nitrogen and oxygen atoms in total. The highest BCUT2D eigenvalue weighted by Crippen LogP contribution is 2.32. The predicted molar refractivity (Wildman–Crippen MR) is 144 cm³/mol. The van der Waals surface area contributed by atoms with Gasteiger partial charge < -0.3 is 26.6 Å². The van der Waals surface area contributed by atoms with E-state index in [4.69, 9.17) is 16.5 Å². The second-order valence-corrected chi connectivity index (χ2v) is 10.4. The van der Waals surface area contributed by atoms with Crippen LogP contribution in [0.1, 0.15) is 48.2 Å². The van der Waals surface area contributed by atoms with Gasteiger partial charge in [-0.1, -0.05) is 31.2 Å². The average Bonchev–Trinajstić information content (AvgIpc) is 2.83. The number of piperidine rings is 2. The summed E-state index contributed by atoms with van der Waals surface area (Å²) in [5.74, 6) is 0.729. The molecule has 5 N–H and O–H groups in total. The Morgan fingerprint density at radius 2 is 1.86 bits per heavy atom. The first-order chi connectivity index (χ1) is 16.9. The molecule has 2 atom stereocenters. The van der Waals surface area contributed by atoms with Gasteiger partial charge in [-0.05, 0) is 81.1 Å². The minimum Gasteiger partial charge on any atom is -0.397 e. The molecule has 2 saturated heterocycles. The highest BCUT2D eigenvalue weighted by molar-refractivity contribution is 6.09. The Labute approximate surface area is 207 Å². The van der Waals surface area contributed by atoms with Crippen LogP contribution in [0.5, 0.6) is 0 Å². The van der Waals surface area contributed by atoms with Crippen molar-refractivity contribution in [3.8, 4) is 0 Å². The van der Waals surface area contributed by atoms with E-state index in [0.717, 1.165) is 67.7 Å². The van der Waals surface area contributed by atoms with E-state index in [-0.39, 0.29) is 17.6 Å². The molecular weight excluding hydrogens is 436 g/mol. The number of hydrogen-bond donors (Lipinski definition) is 3. The minimum absolute atomic E-state index is 0.124. The quantitative estimate of drug-likeness (QED) is 0.530. The summed E-state index contributed by atoms with van der Waals surface area (Å²) in [5, 5.41) is 4.02. The van der Waals surface area contributed by atoms with Crippen LogP contribution in [0, 0.1) is 5.92 Å². The van der Waals surface area contributed by atoms with Crippen LogP contribution in [0.4, 0.5) is 17.1 Å². The number of nitrogens with zero attached hydrogens (tertiary/aromatic N) is 3. The van der Waals surface area contributed by atoms with Gasteiger partial charge >= 0.3 is 0 Å². The highest BCUT2D eigenvalue weighted by atomic mass is 16.1. The lowest BCUT2D eigenvalue weighted by molar-refractivity contribution is 0.102. The molecule has 1 aromatic heterocycles. The molecule has 0 aliphatic carbocycles. The second-order valence-electron chi connectivity index (χ2n) is 10.4. The van der Waals surface area contributed by atoms with Crippen LogP contribution in [0.15, 0.2) is 48.5 Å². The lowest BCUT2D eigenvalue weighted by atomic mass is 9.89. The summed E-state index contributed by atoms with van der Waals surface area (Å²) in [6.07, 6.45) is 3.29. The third kappa shape index (κ3) is 5.11. The number of carbonyl (C=O) groups excluding carboxylic acids is 1. The Morgan fingerprint density at radius 3 is 2.63 bits per heavy atom. The maximum atomic E-state index is 13.4. The van der Waals surface area contributed by atoms with Gasteiger partial charge in [0.2, 0.25) is 0 Å². The van der Waals surface area contributed by atoms with Crippen molar-refractivity contribution in [3.05, 3.63) is 59.8 Å². The van der Waals surface area contributed by atoms with E-state index in [1.54, 1.807) is 0 Å². The summed E-state index contributed by atoms with van der Waals surface area (Å²) in [5.41, 5.74) is 17.1. The first kappa shape index (κ1) is 23.6. The van der Waals surface area contributed by atoms with Crippen molar-refractivity contribution in [2.45, 2.75) is 38.1 Å². The molecule has 2 aromatic carbocycles. The summed E-state index contributed by atoms with van der Waals surface area (Å²) in [4.78, 5) is 22.7. The summed E-state index contributed by atoms with van der Waals surface area (Å²) in [6.45, 7) is 6.11. The summed E-state index contributed by atoms with van der Waals surface area (Å²) in [7, 11) is 2.17. The lowest BCUT2D eigenvalue weighted by Crippen LogP contribution is -2.46. The van der Waals surface area contributed by atoms with Crippen LogP contribution in [0.3, 0.4) is 0 Å². The molecule has 0 saturated carbocycles. The van der Waals surface area contributed by atoms with E-state index in [9.17, 15) is 4.79 Å². The molecule has 2 aliphatic rings. The van der Waals surface area contributed by atoms with Crippen LogP contribution < -0.4 is 21.7 Å². The van der Waals surface area contributed by atoms with Gasteiger partial charge in [0, 0.05) is 24.5 Å². The summed E-state index contributed by atoms with van der Waals surface area (Å²) < 4.78 is 0. The molecule has 3 aromatic rings.